The van der Waals surface area contributed by atoms with Crippen LogP contribution in [0.15, 0.2) is 78.9 Å². The number of nitrogens with zero attached hydrogens (tertiary/aromatic N) is 3. The monoisotopic (exact) mass is 458 g/mol. The molecule has 1 N–H and O–H groups in total. The molecule has 1 heterocycles. The smallest absolute Gasteiger partial charge is 0.251 e. The maximum absolute atomic E-state index is 12.9. The molecule has 6 heteroatoms. The Bertz CT molecular complexity index is 1040. The van der Waals surface area contributed by atoms with Crippen molar-refractivity contribution in [3.8, 4) is 5.75 Å². The van der Waals surface area contributed by atoms with Gasteiger partial charge in [0, 0.05) is 63.8 Å². The highest BCUT2D eigenvalue weighted by Crippen LogP contribution is 2.26. The third kappa shape index (κ3) is 5.69. The molecular formula is C28H34N4O2. The Hall–Kier alpha value is -3.51. The Labute approximate surface area is 202 Å². The molecule has 1 atom stereocenters. The van der Waals surface area contributed by atoms with Crippen LogP contribution in [-0.2, 0) is 0 Å². The van der Waals surface area contributed by atoms with Crippen LogP contribution in [0.2, 0.25) is 0 Å². The van der Waals surface area contributed by atoms with E-state index in [9.17, 15) is 4.79 Å². The molecule has 0 spiro atoms. The van der Waals surface area contributed by atoms with Crippen molar-refractivity contribution in [3.05, 3.63) is 90.0 Å². The molecule has 0 radical (unpaired) electrons. The van der Waals surface area contributed by atoms with E-state index in [2.05, 4.69) is 74.6 Å². The van der Waals surface area contributed by atoms with E-state index >= 15 is 0 Å². The van der Waals surface area contributed by atoms with E-state index in [0.717, 1.165) is 31.9 Å². The van der Waals surface area contributed by atoms with Crippen molar-refractivity contribution in [2.45, 2.75) is 6.04 Å². The molecule has 1 fully saturated rings. The van der Waals surface area contributed by atoms with Crippen LogP contribution in [0, 0.1) is 0 Å². The van der Waals surface area contributed by atoms with E-state index in [1.54, 1.807) is 19.2 Å². The Morgan fingerprint density at radius 1 is 0.912 bits per heavy atom. The van der Waals surface area contributed by atoms with Gasteiger partial charge in [0.15, 0.2) is 0 Å². The summed E-state index contributed by atoms with van der Waals surface area (Å²) in [5.74, 6) is 0.673. The van der Waals surface area contributed by atoms with Gasteiger partial charge >= 0.3 is 0 Å². The second-order valence-electron chi connectivity index (χ2n) is 8.80. The lowest BCUT2D eigenvalue weighted by Crippen LogP contribution is -2.50. The fraction of sp³-hybridized carbons (Fsp3) is 0.321. The second-order valence-corrected chi connectivity index (χ2v) is 8.80. The van der Waals surface area contributed by atoms with Gasteiger partial charge in [-0.2, -0.15) is 0 Å². The minimum atomic E-state index is -0.0690. The summed E-state index contributed by atoms with van der Waals surface area (Å²) in [5, 5.41) is 3.17. The van der Waals surface area contributed by atoms with E-state index < -0.39 is 0 Å². The minimum Gasteiger partial charge on any atom is -0.497 e. The van der Waals surface area contributed by atoms with Crippen LogP contribution >= 0.6 is 0 Å². The number of amides is 1. The zero-order chi connectivity index (χ0) is 23.9. The molecule has 1 unspecified atom stereocenters. The number of para-hydroxylation sites is 1. The average Bonchev–Trinajstić information content (AvgIpc) is 2.90. The molecule has 0 saturated carbocycles. The van der Waals surface area contributed by atoms with E-state index in [1.165, 1.54) is 16.9 Å². The fourth-order valence-corrected chi connectivity index (χ4v) is 4.42. The average molecular weight is 459 g/mol. The number of carbonyl (C=O) groups excluding carboxylic acids is 1. The van der Waals surface area contributed by atoms with E-state index in [1.807, 2.05) is 26.2 Å². The molecule has 0 aromatic heterocycles. The zero-order valence-electron chi connectivity index (χ0n) is 20.3. The lowest BCUT2D eigenvalue weighted by Gasteiger charge is -2.40. The van der Waals surface area contributed by atoms with Crippen LogP contribution in [0.3, 0.4) is 0 Å². The molecule has 1 aliphatic rings. The molecular weight excluding hydrogens is 424 g/mol. The van der Waals surface area contributed by atoms with Crippen molar-refractivity contribution in [1.29, 1.82) is 0 Å². The number of benzene rings is 3. The van der Waals surface area contributed by atoms with Gasteiger partial charge < -0.3 is 19.9 Å². The first-order valence-corrected chi connectivity index (χ1v) is 11.8. The molecule has 1 saturated heterocycles. The third-order valence-corrected chi connectivity index (χ3v) is 6.48. The number of methoxy groups -OCH3 is 1. The number of rotatable bonds is 8. The van der Waals surface area contributed by atoms with Crippen LogP contribution in [0.5, 0.6) is 5.75 Å². The number of nitrogens with one attached hydrogen (secondary N) is 1. The van der Waals surface area contributed by atoms with Crippen molar-refractivity contribution in [2.75, 3.05) is 63.7 Å². The van der Waals surface area contributed by atoms with Gasteiger partial charge in [-0.15, -0.1) is 0 Å². The maximum atomic E-state index is 12.9. The van der Waals surface area contributed by atoms with Crippen LogP contribution in [0.1, 0.15) is 22.0 Å². The first kappa shape index (κ1) is 23.6. The van der Waals surface area contributed by atoms with Crippen LogP contribution in [0.25, 0.3) is 0 Å². The predicted octanol–water partition coefficient (Wildman–Crippen LogP) is 4.05. The maximum Gasteiger partial charge on any atom is 0.251 e. The van der Waals surface area contributed by atoms with E-state index in [-0.39, 0.29) is 11.9 Å². The third-order valence-electron chi connectivity index (χ3n) is 6.48. The predicted molar refractivity (Wildman–Crippen MR) is 139 cm³/mol. The normalized spacial score (nSPS) is 15.0. The Morgan fingerprint density at radius 2 is 1.56 bits per heavy atom. The van der Waals surface area contributed by atoms with Crippen LogP contribution < -0.4 is 19.9 Å². The standard InChI is InChI=1S/C28H34N4O2/c1-30(2)24-13-9-22(10-14-24)27(21-29-28(33)23-11-15-26(34-3)16-12-23)32-19-17-31(18-20-32)25-7-5-4-6-8-25/h4-16,27H,17-21H2,1-3H3,(H,29,33). The number of hydrogen-bond acceptors (Lipinski definition) is 5. The van der Waals surface area contributed by atoms with Crippen molar-refractivity contribution in [1.82, 2.24) is 10.2 Å². The second kappa shape index (κ2) is 11.1. The van der Waals surface area contributed by atoms with Gasteiger partial charge in [-0.25, -0.2) is 0 Å². The molecule has 3 aromatic rings. The van der Waals surface area contributed by atoms with Gasteiger partial charge in [0.05, 0.1) is 13.2 Å². The minimum absolute atomic E-state index is 0.0690. The highest BCUT2D eigenvalue weighted by atomic mass is 16.5. The summed E-state index contributed by atoms with van der Waals surface area (Å²) in [6.45, 7) is 4.35. The Balaban J connectivity index is 1.47. The Morgan fingerprint density at radius 3 is 2.15 bits per heavy atom. The van der Waals surface area contributed by atoms with Crippen molar-refractivity contribution >= 4 is 17.3 Å². The number of carbonyl (C=O) groups is 1. The van der Waals surface area contributed by atoms with Crippen molar-refractivity contribution in [3.63, 3.8) is 0 Å². The first-order chi connectivity index (χ1) is 16.5. The largest absolute Gasteiger partial charge is 0.497 e. The number of hydrogen-bond donors (Lipinski definition) is 1. The summed E-state index contributed by atoms with van der Waals surface area (Å²) in [4.78, 5) is 19.9. The van der Waals surface area contributed by atoms with Crippen molar-refractivity contribution < 1.29 is 9.53 Å². The lowest BCUT2D eigenvalue weighted by atomic mass is 10.0. The van der Waals surface area contributed by atoms with E-state index in [0.29, 0.717) is 12.1 Å². The number of anilines is 2. The quantitative estimate of drug-likeness (QED) is 0.552. The van der Waals surface area contributed by atoms with Gasteiger partial charge in [-0.05, 0) is 54.1 Å². The highest BCUT2D eigenvalue weighted by Gasteiger charge is 2.26. The van der Waals surface area contributed by atoms with Crippen molar-refractivity contribution in [2.24, 2.45) is 0 Å². The molecule has 4 rings (SSSR count). The van der Waals surface area contributed by atoms with Gasteiger partial charge in [0.25, 0.3) is 5.91 Å². The molecule has 0 aliphatic carbocycles. The van der Waals surface area contributed by atoms with Gasteiger partial charge in [-0.3, -0.25) is 9.69 Å². The first-order valence-electron chi connectivity index (χ1n) is 11.8. The number of piperazine rings is 1. The lowest BCUT2D eigenvalue weighted by molar-refractivity contribution is 0.0930. The summed E-state index contributed by atoms with van der Waals surface area (Å²) in [7, 11) is 5.72. The molecule has 3 aromatic carbocycles. The molecule has 34 heavy (non-hydrogen) atoms. The fourth-order valence-electron chi connectivity index (χ4n) is 4.42. The Kier molecular flexibility index (Phi) is 7.70. The van der Waals surface area contributed by atoms with Gasteiger partial charge in [-0.1, -0.05) is 30.3 Å². The molecule has 1 aliphatic heterocycles. The van der Waals surface area contributed by atoms with Gasteiger partial charge in [0.1, 0.15) is 5.75 Å². The number of ether oxygens (including phenoxy) is 1. The summed E-state index contributed by atoms with van der Waals surface area (Å²) in [5.41, 5.74) is 4.28. The SMILES string of the molecule is COc1ccc(C(=O)NCC(c2ccc(N(C)C)cc2)N2CCN(c3ccccc3)CC2)cc1. The zero-order valence-corrected chi connectivity index (χ0v) is 20.3. The molecule has 6 nitrogen and oxygen atoms in total. The topological polar surface area (TPSA) is 48.1 Å². The molecule has 178 valence electrons. The molecule has 1 amide bonds. The summed E-state index contributed by atoms with van der Waals surface area (Å²) in [6, 6.07) is 26.6. The highest BCUT2D eigenvalue weighted by molar-refractivity contribution is 5.94. The van der Waals surface area contributed by atoms with Crippen LogP contribution in [0.4, 0.5) is 11.4 Å². The van der Waals surface area contributed by atoms with E-state index in [4.69, 9.17) is 4.74 Å². The summed E-state index contributed by atoms with van der Waals surface area (Å²) < 4.78 is 5.21. The van der Waals surface area contributed by atoms with Gasteiger partial charge in [0.2, 0.25) is 0 Å². The summed E-state index contributed by atoms with van der Waals surface area (Å²) >= 11 is 0. The molecule has 0 bridgehead atoms. The van der Waals surface area contributed by atoms with Crippen LogP contribution in [-0.4, -0.2) is 64.7 Å². The summed E-state index contributed by atoms with van der Waals surface area (Å²) in [6.07, 6.45) is 0.